The fourth-order valence-electron chi connectivity index (χ4n) is 1.97. The lowest BCUT2D eigenvalue weighted by Crippen LogP contribution is -2.30. The summed E-state index contributed by atoms with van der Waals surface area (Å²) in [5.41, 5.74) is 0. The summed E-state index contributed by atoms with van der Waals surface area (Å²) in [6.07, 6.45) is -0.297. The van der Waals surface area contributed by atoms with Gasteiger partial charge in [0.25, 0.3) is 20.2 Å². The molecule has 1 fully saturated rings. The lowest BCUT2D eigenvalue weighted by Gasteiger charge is -2.17. The van der Waals surface area contributed by atoms with Crippen LogP contribution < -0.4 is 0 Å². The number of methoxy groups -OCH3 is 1. The molecule has 0 aromatic heterocycles. The molecule has 0 aliphatic heterocycles. The van der Waals surface area contributed by atoms with Crippen molar-refractivity contribution in [2.45, 2.75) is 25.0 Å². The molecule has 0 radical (unpaired) electrons. The Hall–Kier alpha value is -0.710. The maximum absolute atomic E-state index is 11.4. The zero-order valence-corrected chi connectivity index (χ0v) is 12.4. The van der Waals surface area contributed by atoms with Gasteiger partial charge in [-0.3, -0.25) is 13.2 Å². The van der Waals surface area contributed by atoms with Gasteiger partial charge in [-0.1, -0.05) is 0 Å². The van der Waals surface area contributed by atoms with E-state index in [9.17, 15) is 21.6 Å². The second kappa shape index (κ2) is 5.73. The first-order valence-corrected chi connectivity index (χ1v) is 8.99. The molecule has 0 unspecified atom stereocenters. The molecule has 0 saturated heterocycles. The first kappa shape index (κ1) is 16.3. The van der Waals surface area contributed by atoms with Gasteiger partial charge >= 0.3 is 5.97 Å². The van der Waals surface area contributed by atoms with Crippen LogP contribution in [-0.2, 0) is 38.1 Å². The number of carbonyl (C=O) groups is 1. The van der Waals surface area contributed by atoms with Gasteiger partial charge in [-0.15, -0.1) is 0 Å². The third-order valence-corrected chi connectivity index (χ3v) is 3.77. The van der Waals surface area contributed by atoms with Gasteiger partial charge in [0, 0.05) is 0 Å². The summed E-state index contributed by atoms with van der Waals surface area (Å²) in [7, 11) is -6.36. The van der Waals surface area contributed by atoms with Crippen molar-refractivity contribution in [2.75, 3.05) is 19.6 Å². The topological polar surface area (TPSA) is 113 Å². The summed E-state index contributed by atoms with van der Waals surface area (Å²) in [5.74, 6) is -1.20. The minimum atomic E-state index is -3.78. The number of hydrogen-bond donors (Lipinski definition) is 0. The van der Waals surface area contributed by atoms with E-state index < -0.39 is 44.3 Å². The molecule has 0 amide bonds. The Bertz CT molecular complexity index is 493. The van der Waals surface area contributed by atoms with Crippen LogP contribution in [-0.4, -0.2) is 54.6 Å². The molecule has 1 rings (SSSR count). The molecule has 0 aromatic carbocycles. The lowest BCUT2D eigenvalue weighted by atomic mass is 10.1. The Kier molecular flexibility index (Phi) is 4.93. The molecule has 112 valence electrons. The number of hydrogen-bond acceptors (Lipinski definition) is 8. The third kappa shape index (κ3) is 5.43. The predicted molar refractivity (Wildman–Crippen MR) is 64.2 cm³/mol. The lowest BCUT2D eigenvalue weighted by molar-refractivity contribution is -0.145. The summed E-state index contributed by atoms with van der Waals surface area (Å²) >= 11 is 0. The van der Waals surface area contributed by atoms with Crippen LogP contribution in [0.2, 0.25) is 0 Å². The van der Waals surface area contributed by atoms with Crippen LogP contribution in [0.4, 0.5) is 0 Å². The standard InChI is InChI=1S/C9H16O8S2/c1-15-9(10)6-4-7(16-18(2,11)12)8(5-6)17-19(3,13)14/h6-8H,4-5H2,1-3H3/t7-,8-/m0/s1. The number of carbonyl (C=O) groups excluding carboxylic acids is 1. The van der Waals surface area contributed by atoms with E-state index in [1.165, 1.54) is 7.11 Å². The van der Waals surface area contributed by atoms with Crippen molar-refractivity contribution >= 4 is 26.2 Å². The van der Waals surface area contributed by atoms with Gasteiger partial charge in [0.05, 0.1) is 25.5 Å². The zero-order valence-electron chi connectivity index (χ0n) is 10.7. The maximum atomic E-state index is 11.4. The van der Waals surface area contributed by atoms with Gasteiger partial charge in [0.2, 0.25) is 0 Å². The van der Waals surface area contributed by atoms with Crippen molar-refractivity contribution in [3.63, 3.8) is 0 Å². The van der Waals surface area contributed by atoms with Gasteiger partial charge < -0.3 is 4.74 Å². The normalized spacial score (nSPS) is 25.4. The highest BCUT2D eigenvalue weighted by Gasteiger charge is 2.43. The van der Waals surface area contributed by atoms with Gasteiger partial charge in [0.15, 0.2) is 0 Å². The Balaban J connectivity index is 2.87. The largest absolute Gasteiger partial charge is 0.469 e. The van der Waals surface area contributed by atoms with Crippen molar-refractivity contribution < 1.29 is 34.7 Å². The summed E-state index contributed by atoms with van der Waals surface area (Å²) in [6.45, 7) is 0. The van der Waals surface area contributed by atoms with Crippen molar-refractivity contribution in [1.82, 2.24) is 0 Å². The Labute approximate surface area is 112 Å². The smallest absolute Gasteiger partial charge is 0.308 e. The summed E-state index contributed by atoms with van der Waals surface area (Å²) < 4.78 is 58.5. The van der Waals surface area contributed by atoms with E-state index in [0.717, 1.165) is 12.5 Å². The van der Waals surface area contributed by atoms with Gasteiger partial charge in [-0.25, -0.2) is 0 Å². The first-order chi connectivity index (χ1) is 8.52. The van der Waals surface area contributed by atoms with E-state index in [0.29, 0.717) is 0 Å². The number of ether oxygens (including phenoxy) is 1. The van der Waals surface area contributed by atoms with Crippen molar-refractivity contribution in [3.05, 3.63) is 0 Å². The molecular formula is C9H16O8S2. The molecule has 1 saturated carbocycles. The molecule has 1 aliphatic rings. The molecule has 0 bridgehead atoms. The molecule has 0 aromatic rings. The van der Waals surface area contributed by atoms with E-state index in [2.05, 4.69) is 4.74 Å². The predicted octanol–water partition coefficient (Wildman–Crippen LogP) is -0.741. The van der Waals surface area contributed by atoms with Crippen molar-refractivity contribution in [2.24, 2.45) is 5.92 Å². The molecule has 19 heavy (non-hydrogen) atoms. The van der Waals surface area contributed by atoms with Crippen LogP contribution >= 0.6 is 0 Å². The van der Waals surface area contributed by atoms with Crippen LogP contribution in [0, 0.1) is 5.92 Å². The quantitative estimate of drug-likeness (QED) is 0.481. The number of esters is 1. The highest BCUT2D eigenvalue weighted by atomic mass is 32.2. The van der Waals surface area contributed by atoms with E-state index in [-0.39, 0.29) is 12.8 Å². The highest BCUT2D eigenvalue weighted by Crippen LogP contribution is 2.33. The molecule has 0 N–H and O–H groups in total. The molecule has 1 aliphatic carbocycles. The van der Waals surface area contributed by atoms with Gasteiger partial charge in [-0.05, 0) is 12.8 Å². The van der Waals surface area contributed by atoms with Crippen LogP contribution in [0.5, 0.6) is 0 Å². The van der Waals surface area contributed by atoms with Crippen LogP contribution in [0.1, 0.15) is 12.8 Å². The Morgan fingerprint density at radius 2 is 1.32 bits per heavy atom. The van der Waals surface area contributed by atoms with Crippen LogP contribution in [0.3, 0.4) is 0 Å². The fourth-order valence-corrected chi connectivity index (χ4v) is 3.27. The summed E-state index contributed by atoms with van der Waals surface area (Å²) in [6, 6.07) is 0. The monoisotopic (exact) mass is 316 g/mol. The second-order valence-electron chi connectivity index (χ2n) is 4.37. The SMILES string of the molecule is COC(=O)C1C[C@H](OS(C)(=O)=O)[C@@H](OS(C)(=O)=O)C1. The second-order valence-corrected chi connectivity index (χ2v) is 7.57. The highest BCUT2D eigenvalue weighted by molar-refractivity contribution is 7.86. The van der Waals surface area contributed by atoms with Crippen LogP contribution in [0.15, 0.2) is 0 Å². The minimum absolute atomic E-state index is 0.0277. The van der Waals surface area contributed by atoms with E-state index >= 15 is 0 Å². The molecular weight excluding hydrogens is 300 g/mol. The molecule has 2 atom stereocenters. The van der Waals surface area contributed by atoms with E-state index in [4.69, 9.17) is 8.37 Å². The van der Waals surface area contributed by atoms with Gasteiger partial charge in [0.1, 0.15) is 12.2 Å². The van der Waals surface area contributed by atoms with Gasteiger partial charge in [-0.2, -0.15) is 16.8 Å². The number of rotatable bonds is 5. The Morgan fingerprint density at radius 1 is 0.947 bits per heavy atom. The van der Waals surface area contributed by atoms with E-state index in [1.54, 1.807) is 0 Å². The minimum Gasteiger partial charge on any atom is -0.469 e. The maximum Gasteiger partial charge on any atom is 0.308 e. The summed E-state index contributed by atoms with van der Waals surface area (Å²) in [5, 5.41) is 0. The average Bonchev–Trinajstić information content (AvgIpc) is 2.55. The molecule has 0 spiro atoms. The summed E-state index contributed by atoms with van der Waals surface area (Å²) in [4.78, 5) is 11.4. The van der Waals surface area contributed by atoms with Crippen LogP contribution in [0.25, 0.3) is 0 Å². The zero-order chi connectivity index (χ0) is 14.8. The van der Waals surface area contributed by atoms with Crippen molar-refractivity contribution in [3.8, 4) is 0 Å². The molecule has 8 nitrogen and oxygen atoms in total. The first-order valence-electron chi connectivity index (χ1n) is 5.36. The third-order valence-electron chi connectivity index (χ3n) is 2.58. The fraction of sp³-hybridized carbons (Fsp3) is 0.889. The van der Waals surface area contributed by atoms with E-state index in [1.807, 2.05) is 0 Å². The molecule has 10 heteroatoms. The molecule has 0 heterocycles. The van der Waals surface area contributed by atoms with Crippen molar-refractivity contribution in [1.29, 1.82) is 0 Å². The Morgan fingerprint density at radius 3 is 1.58 bits per heavy atom. The average molecular weight is 316 g/mol.